The van der Waals surface area contributed by atoms with Gasteiger partial charge in [-0.25, -0.2) is 4.98 Å². The molecule has 0 aliphatic rings. The highest BCUT2D eigenvalue weighted by Gasteiger charge is 2.02. The highest BCUT2D eigenvalue weighted by molar-refractivity contribution is 9.10. The summed E-state index contributed by atoms with van der Waals surface area (Å²) in [7, 11) is 0. The first-order valence-electron chi connectivity index (χ1n) is 5.74. The van der Waals surface area contributed by atoms with Crippen LogP contribution in [-0.2, 0) is 13.1 Å². The molecule has 0 amide bonds. The molecule has 4 nitrogen and oxygen atoms in total. The van der Waals surface area contributed by atoms with E-state index in [2.05, 4.69) is 26.2 Å². The summed E-state index contributed by atoms with van der Waals surface area (Å²) in [6, 6.07) is 7.94. The van der Waals surface area contributed by atoms with Crippen LogP contribution < -0.4 is 10.9 Å². The van der Waals surface area contributed by atoms with Crippen molar-refractivity contribution in [1.29, 1.82) is 0 Å². The highest BCUT2D eigenvalue weighted by atomic mass is 79.9. The summed E-state index contributed by atoms with van der Waals surface area (Å²) in [5.74, 6) is 0.391. The van der Waals surface area contributed by atoms with Crippen LogP contribution in [0.15, 0.2) is 45.9 Å². The number of benzene rings is 1. The van der Waals surface area contributed by atoms with Gasteiger partial charge in [0.15, 0.2) is 5.82 Å². The lowest BCUT2D eigenvalue weighted by Crippen LogP contribution is -2.23. The lowest BCUT2D eigenvalue weighted by atomic mass is 10.2. The van der Waals surface area contributed by atoms with Crippen LogP contribution in [0.5, 0.6) is 0 Å². The van der Waals surface area contributed by atoms with Crippen LogP contribution in [0.3, 0.4) is 0 Å². The minimum Gasteiger partial charge on any atom is -0.361 e. The highest BCUT2D eigenvalue weighted by Crippen LogP contribution is 2.11. The maximum Gasteiger partial charge on any atom is 0.293 e. The standard InChI is InChI=1S/C13H14BrN3O/c1-2-17-8-7-15-12(13(17)18)16-9-10-3-5-11(14)6-4-10/h3-8H,2,9H2,1H3,(H,15,16). The van der Waals surface area contributed by atoms with Crippen molar-refractivity contribution >= 4 is 21.7 Å². The number of anilines is 1. The summed E-state index contributed by atoms with van der Waals surface area (Å²) in [6.07, 6.45) is 3.32. The topological polar surface area (TPSA) is 46.9 Å². The average molecular weight is 308 g/mol. The Balaban J connectivity index is 2.11. The smallest absolute Gasteiger partial charge is 0.293 e. The monoisotopic (exact) mass is 307 g/mol. The van der Waals surface area contributed by atoms with Gasteiger partial charge in [-0.3, -0.25) is 4.79 Å². The summed E-state index contributed by atoms with van der Waals surface area (Å²) >= 11 is 3.39. The fraction of sp³-hybridized carbons (Fsp3) is 0.231. The molecule has 1 aromatic carbocycles. The van der Waals surface area contributed by atoms with Gasteiger partial charge in [-0.15, -0.1) is 0 Å². The van der Waals surface area contributed by atoms with Crippen molar-refractivity contribution in [2.24, 2.45) is 0 Å². The van der Waals surface area contributed by atoms with Crippen LogP contribution in [0.4, 0.5) is 5.82 Å². The molecule has 0 spiro atoms. The zero-order chi connectivity index (χ0) is 13.0. The molecule has 0 aliphatic heterocycles. The van der Waals surface area contributed by atoms with Crippen LogP contribution in [0.25, 0.3) is 0 Å². The minimum atomic E-state index is -0.0860. The van der Waals surface area contributed by atoms with Gasteiger partial charge in [0.05, 0.1) is 0 Å². The van der Waals surface area contributed by atoms with Crippen LogP contribution in [0, 0.1) is 0 Å². The van der Waals surface area contributed by atoms with Crippen molar-refractivity contribution in [1.82, 2.24) is 9.55 Å². The molecule has 5 heteroatoms. The zero-order valence-electron chi connectivity index (χ0n) is 10.1. The van der Waals surface area contributed by atoms with Crippen molar-refractivity contribution in [2.75, 3.05) is 5.32 Å². The Hall–Kier alpha value is -1.62. The molecule has 0 unspecified atom stereocenters. The Bertz CT molecular complexity index is 578. The van der Waals surface area contributed by atoms with E-state index in [0.29, 0.717) is 18.9 Å². The van der Waals surface area contributed by atoms with Crippen LogP contribution in [0.2, 0.25) is 0 Å². The molecule has 1 heterocycles. The summed E-state index contributed by atoms with van der Waals surface area (Å²) in [5, 5.41) is 3.06. The van der Waals surface area contributed by atoms with E-state index in [-0.39, 0.29) is 5.56 Å². The lowest BCUT2D eigenvalue weighted by Gasteiger charge is -2.07. The van der Waals surface area contributed by atoms with Gasteiger partial charge >= 0.3 is 0 Å². The predicted octanol–water partition coefficient (Wildman–Crippen LogP) is 2.64. The van der Waals surface area contributed by atoms with Gasteiger partial charge < -0.3 is 9.88 Å². The zero-order valence-corrected chi connectivity index (χ0v) is 11.6. The molecule has 0 saturated carbocycles. The first-order chi connectivity index (χ1) is 8.70. The molecule has 94 valence electrons. The summed E-state index contributed by atoms with van der Waals surface area (Å²) in [6.45, 7) is 3.16. The molecule has 2 aromatic rings. The molecular formula is C13H14BrN3O. The molecule has 1 aromatic heterocycles. The van der Waals surface area contributed by atoms with E-state index < -0.39 is 0 Å². The van der Waals surface area contributed by atoms with Gasteiger partial charge in [0.2, 0.25) is 0 Å². The number of hydrogen-bond donors (Lipinski definition) is 1. The van der Waals surface area contributed by atoms with Gasteiger partial charge in [-0.05, 0) is 24.6 Å². The summed E-state index contributed by atoms with van der Waals surface area (Å²) < 4.78 is 2.66. The molecule has 18 heavy (non-hydrogen) atoms. The van der Waals surface area contributed by atoms with Gasteiger partial charge in [-0.2, -0.15) is 0 Å². The third kappa shape index (κ3) is 2.98. The molecule has 2 rings (SSSR count). The molecule has 0 fully saturated rings. The SMILES string of the molecule is CCn1ccnc(NCc2ccc(Br)cc2)c1=O. The predicted molar refractivity (Wildman–Crippen MR) is 75.6 cm³/mol. The fourth-order valence-corrected chi connectivity index (χ4v) is 1.87. The van der Waals surface area contributed by atoms with Gasteiger partial charge in [0.25, 0.3) is 5.56 Å². The Kier molecular flexibility index (Phi) is 4.15. The number of nitrogens with zero attached hydrogens (tertiary/aromatic N) is 2. The third-order valence-corrected chi connectivity index (χ3v) is 3.16. The Morgan fingerprint density at radius 2 is 2.06 bits per heavy atom. The molecule has 0 saturated heterocycles. The van der Waals surface area contributed by atoms with Crippen LogP contribution >= 0.6 is 15.9 Å². The second-order valence-electron chi connectivity index (χ2n) is 3.85. The number of nitrogens with one attached hydrogen (secondary N) is 1. The number of aromatic nitrogens is 2. The van der Waals surface area contributed by atoms with E-state index >= 15 is 0 Å². The largest absolute Gasteiger partial charge is 0.361 e. The number of aryl methyl sites for hydroxylation is 1. The number of hydrogen-bond acceptors (Lipinski definition) is 3. The van der Waals surface area contributed by atoms with Crippen LogP contribution in [-0.4, -0.2) is 9.55 Å². The molecular weight excluding hydrogens is 294 g/mol. The minimum absolute atomic E-state index is 0.0860. The van der Waals surface area contributed by atoms with E-state index in [1.54, 1.807) is 17.0 Å². The van der Waals surface area contributed by atoms with E-state index in [0.717, 1.165) is 10.0 Å². The second-order valence-corrected chi connectivity index (χ2v) is 4.76. The quantitative estimate of drug-likeness (QED) is 0.944. The number of rotatable bonds is 4. The van der Waals surface area contributed by atoms with E-state index in [1.807, 2.05) is 31.2 Å². The number of halogens is 1. The maximum atomic E-state index is 11.9. The summed E-state index contributed by atoms with van der Waals surface area (Å²) in [5.41, 5.74) is 1.02. The van der Waals surface area contributed by atoms with Gasteiger partial charge in [0, 0.05) is 30.0 Å². The van der Waals surface area contributed by atoms with Gasteiger partial charge in [0.1, 0.15) is 0 Å². The van der Waals surface area contributed by atoms with Crippen molar-refractivity contribution in [3.63, 3.8) is 0 Å². The first-order valence-corrected chi connectivity index (χ1v) is 6.53. The van der Waals surface area contributed by atoms with Crippen LogP contribution in [0.1, 0.15) is 12.5 Å². The molecule has 0 aliphatic carbocycles. The fourth-order valence-electron chi connectivity index (χ4n) is 1.61. The van der Waals surface area contributed by atoms with E-state index in [4.69, 9.17) is 0 Å². The van der Waals surface area contributed by atoms with Crippen molar-refractivity contribution in [3.8, 4) is 0 Å². The first kappa shape index (κ1) is 12.8. The average Bonchev–Trinajstić information content (AvgIpc) is 2.39. The maximum absolute atomic E-state index is 11.9. The van der Waals surface area contributed by atoms with Crippen molar-refractivity contribution < 1.29 is 0 Å². The van der Waals surface area contributed by atoms with E-state index in [9.17, 15) is 4.79 Å². The van der Waals surface area contributed by atoms with Crippen molar-refractivity contribution in [3.05, 3.63) is 57.0 Å². The second kappa shape index (κ2) is 5.82. The third-order valence-electron chi connectivity index (χ3n) is 2.63. The normalized spacial score (nSPS) is 10.3. The van der Waals surface area contributed by atoms with Crippen molar-refractivity contribution in [2.45, 2.75) is 20.0 Å². The summed E-state index contributed by atoms with van der Waals surface area (Å²) in [4.78, 5) is 16.0. The molecule has 0 bridgehead atoms. The molecule has 0 radical (unpaired) electrons. The van der Waals surface area contributed by atoms with Gasteiger partial charge in [-0.1, -0.05) is 28.1 Å². The molecule has 1 N–H and O–H groups in total. The Labute approximate surface area is 114 Å². The lowest BCUT2D eigenvalue weighted by molar-refractivity contribution is 0.718. The Morgan fingerprint density at radius 1 is 1.33 bits per heavy atom. The molecule has 0 atom stereocenters. The van der Waals surface area contributed by atoms with E-state index in [1.165, 1.54) is 0 Å². The Morgan fingerprint density at radius 3 is 2.72 bits per heavy atom.